The van der Waals surface area contributed by atoms with Crippen molar-refractivity contribution in [2.45, 2.75) is 46.5 Å². The molecule has 1 fully saturated rings. The minimum absolute atomic E-state index is 0. The van der Waals surface area contributed by atoms with Gasteiger partial charge in [0, 0.05) is 0 Å². The Morgan fingerprint density at radius 2 is 1.78 bits per heavy atom. The van der Waals surface area contributed by atoms with Gasteiger partial charge in [0.25, 0.3) is 6.26 Å². The smallest absolute Gasteiger partial charge is 0.292 e. The number of rotatable bonds is 3. The summed E-state index contributed by atoms with van der Waals surface area (Å²) in [6.45, 7) is 2.35. The highest BCUT2D eigenvalue weighted by atomic mass is 16.5. The maximum absolute atomic E-state index is 8.40. The molecule has 0 unspecified atom stereocenters. The van der Waals surface area contributed by atoms with E-state index < -0.39 is 0 Å². The summed E-state index contributed by atoms with van der Waals surface area (Å²) in [4.78, 5) is 0. The fraction of sp³-hybridized carbons (Fsp3) is 0.562. The molecule has 1 aliphatic rings. The van der Waals surface area contributed by atoms with E-state index in [9.17, 15) is 0 Å². The zero-order chi connectivity index (χ0) is 12.1. The minimum atomic E-state index is 0. The lowest BCUT2D eigenvalue weighted by molar-refractivity contribution is 0.289. The fourth-order valence-corrected chi connectivity index (χ4v) is 2.61. The van der Waals surface area contributed by atoms with Crippen LogP contribution in [0.1, 0.15) is 45.6 Å². The van der Waals surface area contributed by atoms with Crippen LogP contribution >= 0.6 is 0 Å². The molecule has 0 amide bonds. The molecule has 2 nitrogen and oxygen atoms in total. The van der Waals surface area contributed by atoms with Gasteiger partial charge in [0.05, 0.1) is 0 Å². The monoisotopic (exact) mass is 245 g/mol. The van der Waals surface area contributed by atoms with E-state index in [0.717, 1.165) is 11.8 Å². The molecular formula is C16H23NO. The molecule has 2 heteroatoms. The first kappa shape index (κ1) is 14.6. The standard InChI is InChI=1S/C15H19NO.CH4/c1-12-2-4-13(5-3-12)10-14-6-8-15(9-7-14)17-11-16;/h6-9,12-13H,2-5,10H2,1H3;1H4. The fourth-order valence-electron chi connectivity index (χ4n) is 2.61. The number of hydrogen-bond acceptors (Lipinski definition) is 2. The van der Waals surface area contributed by atoms with Gasteiger partial charge in [-0.2, -0.15) is 0 Å². The second-order valence-corrected chi connectivity index (χ2v) is 5.17. The molecular weight excluding hydrogens is 222 g/mol. The van der Waals surface area contributed by atoms with Gasteiger partial charge in [0.15, 0.2) is 0 Å². The van der Waals surface area contributed by atoms with Crippen LogP contribution in [0, 0.1) is 23.4 Å². The average molecular weight is 245 g/mol. The Labute approximate surface area is 111 Å². The summed E-state index contributed by atoms with van der Waals surface area (Å²) in [5.41, 5.74) is 1.36. The van der Waals surface area contributed by atoms with Gasteiger partial charge in [0.1, 0.15) is 5.75 Å². The van der Waals surface area contributed by atoms with Crippen LogP contribution in [-0.2, 0) is 6.42 Å². The lowest BCUT2D eigenvalue weighted by atomic mass is 9.80. The Bertz CT molecular complexity index is 383. The predicted molar refractivity (Wildman–Crippen MR) is 74.2 cm³/mol. The summed E-state index contributed by atoms with van der Waals surface area (Å²) in [5.74, 6) is 2.39. The van der Waals surface area contributed by atoms with Crippen molar-refractivity contribution in [1.29, 1.82) is 5.26 Å². The van der Waals surface area contributed by atoms with Crippen molar-refractivity contribution in [3.05, 3.63) is 29.8 Å². The van der Waals surface area contributed by atoms with Crippen molar-refractivity contribution in [3.63, 3.8) is 0 Å². The molecule has 0 N–H and O–H groups in total. The van der Waals surface area contributed by atoms with Crippen molar-refractivity contribution < 1.29 is 4.74 Å². The molecule has 1 aliphatic carbocycles. The molecule has 2 rings (SSSR count). The van der Waals surface area contributed by atoms with Gasteiger partial charge in [0.2, 0.25) is 0 Å². The highest BCUT2D eigenvalue weighted by Crippen LogP contribution is 2.30. The highest BCUT2D eigenvalue weighted by molar-refractivity contribution is 5.28. The molecule has 1 saturated carbocycles. The molecule has 0 atom stereocenters. The first-order valence-corrected chi connectivity index (χ1v) is 6.43. The van der Waals surface area contributed by atoms with Gasteiger partial charge in [-0.1, -0.05) is 39.3 Å². The second kappa shape index (κ2) is 7.06. The van der Waals surface area contributed by atoms with Gasteiger partial charge in [-0.25, -0.2) is 0 Å². The Hall–Kier alpha value is -1.49. The largest absolute Gasteiger partial charge is 0.388 e. The Morgan fingerprint density at radius 3 is 2.33 bits per heavy atom. The lowest BCUT2D eigenvalue weighted by Crippen LogP contribution is -2.14. The molecule has 0 aliphatic heterocycles. The molecule has 18 heavy (non-hydrogen) atoms. The zero-order valence-corrected chi connectivity index (χ0v) is 10.4. The first-order chi connectivity index (χ1) is 8.28. The maximum Gasteiger partial charge on any atom is 0.292 e. The van der Waals surface area contributed by atoms with Crippen molar-refractivity contribution in [2.75, 3.05) is 0 Å². The van der Waals surface area contributed by atoms with Gasteiger partial charge in [-0.05, 0) is 48.8 Å². The molecule has 1 aromatic rings. The number of benzene rings is 1. The van der Waals surface area contributed by atoms with Crippen LogP contribution in [0.15, 0.2) is 24.3 Å². The van der Waals surface area contributed by atoms with Crippen LogP contribution in [-0.4, -0.2) is 0 Å². The summed E-state index contributed by atoms with van der Waals surface area (Å²) in [7, 11) is 0. The van der Waals surface area contributed by atoms with E-state index in [1.807, 2.05) is 12.1 Å². The predicted octanol–water partition coefficient (Wildman–Crippen LogP) is 4.55. The Balaban J connectivity index is 0.00000162. The zero-order valence-electron chi connectivity index (χ0n) is 10.4. The third-order valence-electron chi connectivity index (χ3n) is 3.75. The van der Waals surface area contributed by atoms with E-state index in [0.29, 0.717) is 5.75 Å². The van der Waals surface area contributed by atoms with Crippen LogP contribution in [0.2, 0.25) is 0 Å². The SMILES string of the molecule is C.CC1CCC(Cc2ccc(OC#N)cc2)CC1. The number of ether oxygens (including phenoxy) is 1. The van der Waals surface area contributed by atoms with Crippen LogP contribution in [0.5, 0.6) is 5.75 Å². The number of nitriles is 1. The van der Waals surface area contributed by atoms with Crippen molar-refractivity contribution in [2.24, 2.45) is 11.8 Å². The summed E-state index contributed by atoms with van der Waals surface area (Å²) in [5, 5.41) is 8.40. The maximum atomic E-state index is 8.40. The van der Waals surface area contributed by atoms with Crippen molar-refractivity contribution >= 4 is 0 Å². The topological polar surface area (TPSA) is 33.0 Å². The molecule has 0 radical (unpaired) electrons. The molecule has 1 aromatic carbocycles. The van der Waals surface area contributed by atoms with E-state index in [1.54, 1.807) is 6.26 Å². The van der Waals surface area contributed by atoms with Crippen molar-refractivity contribution in [3.8, 4) is 12.0 Å². The van der Waals surface area contributed by atoms with Gasteiger partial charge < -0.3 is 4.74 Å². The van der Waals surface area contributed by atoms with Crippen molar-refractivity contribution in [1.82, 2.24) is 0 Å². The second-order valence-electron chi connectivity index (χ2n) is 5.17. The molecule has 0 heterocycles. The van der Waals surface area contributed by atoms with E-state index >= 15 is 0 Å². The van der Waals surface area contributed by atoms with Crippen LogP contribution in [0.4, 0.5) is 0 Å². The Morgan fingerprint density at radius 1 is 1.17 bits per heavy atom. The normalized spacial score (nSPS) is 22.7. The summed E-state index contributed by atoms with van der Waals surface area (Å²) in [6.07, 6.45) is 8.32. The molecule has 0 saturated heterocycles. The van der Waals surface area contributed by atoms with E-state index in [1.165, 1.54) is 37.7 Å². The minimum Gasteiger partial charge on any atom is -0.388 e. The molecule has 0 aromatic heterocycles. The number of hydrogen-bond donors (Lipinski definition) is 0. The van der Waals surface area contributed by atoms with E-state index in [-0.39, 0.29) is 7.43 Å². The summed E-state index contributed by atoms with van der Waals surface area (Å²) < 4.78 is 4.77. The lowest BCUT2D eigenvalue weighted by Gasteiger charge is -2.26. The van der Waals surface area contributed by atoms with E-state index in [2.05, 4.69) is 19.1 Å². The van der Waals surface area contributed by atoms with Crippen LogP contribution in [0.3, 0.4) is 0 Å². The molecule has 0 spiro atoms. The Kier molecular flexibility index (Phi) is 5.71. The van der Waals surface area contributed by atoms with Crippen LogP contribution in [0.25, 0.3) is 0 Å². The van der Waals surface area contributed by atoms with E-state index in [4.69, 9.17) is 10.00 Å². The quantitative estimate of drug-likeness (QED) is 0.732. The third kappa shape index (κ3) is 4.07. The first-order valence-electron chi connectivity index (χ1n) is 6.43. The van der Waals surface area contributed by atoms with Crippen LogP contribution < -0.4 is 4.74 Å². The summed E-state index contributed by atoms with van der Waals surface area (Å²) >= 11 is 0. The van der Waals surface area contributed by atoms with Gasteiger partial charge in [-0.3, -0.25) is 0 Å². The highest BCUT2D eigenvalue weighted by Gasteiger charge is 2.18. The molecule has 0 bridgehead atoms. The third-order valence-corrected chi connectivity index (χ3v) is 3.75. The summed E-state index contributed by atoms with van der Waals surface area (Å²) in [6, 6.07) is 7.91. The molecule has 98 valence electrons. The number of nitrogens with zero attached hydrogens (tertiary/aromatic N) is 1. The average Bonchev–Trinajstić information content (AvgIpc) is 2.35. The van der Waals surface area contributed by atoms with Gasteiger partial charge in [-0.15, -0.1) is 5.26 Å². The van der Waals surface area contributed by atoms with Gasteiger partial charge >= 0.3 is 0 Å².